The Morgan fingerprint density at radius 2 is 1.77 bits per heavy atom. The van der Waals surface area contributed by atoms with Crippen LogP contribution in [0.2, 0.25) is 0 Å². The first kappa shape index (κ1) is 13.5. The number of fused-ring (bicyclic) bond motifs is 1. The van der Waals surface area contributed by atoms with Crippen molar-refractivity contribution in [2.45, 2.75) is 19.3 Å². The van der Waals surface area contributed by atoms with Gasteiger partial charge >= 0.3 is 0 Å². The number of hydrogen-bond donors (Lipinski definition) is 1. The summed E-state index contributed by atoms with van der Waals surface area (Å²) in [6.45, 7) is 2.27. The lowest BCUT2D eigenvalue weighted by Crippen LogP contribution is -2.28. The molecule has 0 bridgehead atoms. The summed E-state index contributed by atoms with van der Waals surface area (Å²) >= 11 is 0. The Balaban J connectivity index is 1.68. The van der Waals surface area contributed by atoms with Gasteiger partial charge in [0.25, 0.3) is 0 Å². The standard InChI is InChI=1S/C19H20N2O/c1-2-6-16(15(5-1)13-14-9-11-20-12-10-14)19-21-17-7-3-4-8-18(17)22-19/h1-8,14,20H,9-13H2. The normalized spacial score (nSPS) is 16.2. The van der Waals surface area contributed by atoms with Crippen LogP contribution in [0.25, 0.3) is 22.6 Å². The fourth-order valence-corrected chi connectivity index (χ4v) is 3.29. The molecular formula is C19H20N2O. The molecule has 4 rings (SSSR count). The van der Waals surface area contributed by atoms with Crippen molar-refractivity contribution < 1.29 is 4.42 Å². The number of nitrogens with one attached hydrogen (secondary N) is 1. The molecule has 1 fully saturated rings. The second kappa shape index (κ2) is 5.93. The Bertz CT molecular complexity index is 739. The molecule has 0 aliphatic carbocycles. The highest BCUT2D eigenvalue weighted by Crippen LogP contribution is 2.29. The van der Waals surface area contributed by atoms with E-state index in [2.05, 4.69) is 34.6 Å². The summed E-state index contributed by atoms with van der Waals surface area (Å²) < 4.78 is 5.96. The molecule has 22 heavy (non-hydrogen) atoms. The predicted molar refractivity (Wildman–Crippen MR) is 88.7 cm³/mol. The van der Waals surface area contributed by atoms with Crippen LogP contribution in [0.4, 0.5) is 0 Å². The average Bonchev–Trinajstić information content (AvgIpc) is 3.00. The van der Waals surface area contributed by atoms with E-state index in [1.165, 1.54) is 18.4 Å². The number of para-hydroxylation sites is 2. The summed E-state index contributed by atoms with van der Waals surface area (Å²) in [5.41, 5.74) is 4.27. The molecule has 3 heteroatoms. The smallest absolute Gasteiger partial charge is 0.227 e. The zero-order valence-corrected chi connectivity index (χ0v) is 12.6. The highest BCUT2D eigenvalue weighted by molar-refractivity contribution is 5.76. The first-order valence-electron chi connectivity index (χ1n) is 8.05. The van der Waals surface area contributed by atoms with Gasteiger partial charge in [0.05, 0.1) is 0 Å². The van der Waals surface area contributed by atoms with E-state index in [9.17, 15) is 0 Å². The summed E-state index contributed by atoms with van der Waals surface area (Å²) in [5.74, 6) is 1.50. The largest absolute Gasteiger partial charge is 0.436 e. The van der Waals surface area contributed by atoms with Crippen LogP contribution in [0.15, 0.2) is 52.9 Å². The van der Waals surface area contributed by atoms with E-state index in [4.69, 9.17) is 4.42 Å². The first-order valence-corrected chi connectivity index (χ1v) is 8.05. The minimum Gasteiger partial charge on any atom is -0.436 e. The van der Waals surface area contributed by atoms with Crippen molar-refractivity contribution in [2.24, 2.45) is 5.92 Å². The van der Waals surface area contributed by atoms with Gasteiger partial charge in [-0.25, -0.2) is 4.98 Å². The van der Waals surface area contributed by atoms with Crippen molar-refractivity contribution in [1.29, 1.82) is 0 Å². The third-order valence-corrected chi connectivity index (χ3v) is 4.51. The molecule has 0 atom stereocenters. The maximum atomic E-state index is 5.96. The number of rotatable bonds is 3. The lowest BCUT2D eigenvalue weighted by Gasteiger charge is -2.23. The number of benzene rings is 2. The molecule has 0 radical (unpaired) electrons. The molecule has 1 N–H and O–H groups in total. The molecular weight excluding hydrogens is 272 g/mol. The Kier molecular flexibility index (Phi) is 3.65. The molecule has 1 aromatic heterocycles. The highest BCUT2D eigenvalue weighted by Gasteiger charge is 2.17. The molecule has 3 nitrogen and oxygen atoms in total. The quantitative estimate of drug-likeness (QED) is 0.792. The van der Waals surface area contributed by atoms with E-state index in [0.29, 0.717) is 0 Å². The van der Waals surface area contributed by atoms with E-state index in [1.54, 1.807) is 0 Å². The second-order valence-corrected chi connectivity index (χ2v) is 6.04. The van der Waals surface area contributed by atoms with Crippen LogP contribution in [0, 0.1) is 5.92 Å². The van der Waals surface area contributed by atoms with Crippen molar-refractivity contribution in [3.63, 3.8) is 0 Å². The Hall–Kier alpha value is -2.13. The van der Waals surface area contributed by atoms with Crippen molar-refractivity contribution >= 4 is 11.1 Å². The number of piperidine rings is 1. The summed E-state index contributed by atoms with van der Waals surface area (Å²) in [6.07, 6.45) is 3.61. The third-order valence-electron chi connectivity index (χ3n) is 4.51. The Morgan fingerprint density at radius 3 is 2.64 bits per heavy atom. The molecule has 1 aliphatic rings. The van der Waals surface area contributed by atoms with E-state index in [-0.39, 0.29) is 0 Å². The molecule has 112 valence electrons. The molecule has 1 saturated heterocycles. The summed E-state index contributed by atoms with van der Waals surface area (Å²) in [6, 6.07) is 16.5. The van der Waals surface area contributed by atoms with Gasteiger partial charge in [-0.2, -0.15) is 0 Å². The molecule has 2 heterocycles. The van der Waals surface area contributed by atoms with Gasteiger partial charge in [-0.15, -0.1) is 0 Å². The van der Waals surface area contributed by atoms with Gasteiger partial charge in [-0.3, -0.25) is 0 Å². The average molecular weight is 292 g/mol. The van der Waals surface area contributed by atoms with Crippen LogP contribution in [-0.2, 0) is 6.42 Å². The van der Waals surface area contributed by atoms with Crippen molar-refractivity contribution in [3.05, 3.63) is 54.1 Å². The van der Waals surface area contributed by atoms with Crippen molar-refractivity contribution in [3.8, 4) is 11.5 Å². The SMILES string of the molecule is c1ccc(-c2nc3ccccc3o2)c(CC2CCNCC2)c1. The Morgan fingerprint density at radius 1 is 1.00 bits per heavy atom. The second-order valence-electron chi connectivity index (χ2n) is 6.04. The third kappa shape index (κ3) is 2.64. The van der Waals surface area contributed by atoms with Gasteiger partial charge in [0.2, 0.25) is 5.89 Å². The van der Waals surface area contributed by atoms with Gasteiger partial charge in [0.1, 0.15) is 5.52 Å². The van der Waals surface area contributed by atoms with Crippen LogP contribution >= 0.6 is 0 Å². The Labute approximate surface area is 130 Å². The molecule has 0 amide bonds. The molecule has 2 aromatic carbocycles. The number of oxazole rings is 1. The van der Waals surface area contributed by atoms with Crippen LogP contribution < -0.4 is 5.32 Å². The number of nitrogens with zero attached hydrogens (tertiary/aromatic N) is 1. The molecule has 0 saturated carbocycles. The van der Waals surface area contributed by atoms with Crippen LogP contribution in [0.3, 0.4) is 0 Å². The minimum atomic E-state index is 0.741. The number of aromatic nitrogens is 1. The number of hydrogen-bond acceptors (Lipinski definition) is 3. The predicted octanol–water partition coefficient (Wildman–Crippen LogP) is 4.04. The van der Waals surface area contributed by atoms with E-state index < -0.39 is 0 Å². The van der Waals surface area contributed by atoms with Crippen LogP contribution in [-0.4, -0.2) is 18.1 Å². The van der Waals surface area contributed by atoms with E-state index in [1.807, 2.05) is 24.3 Å². The van der Waals surface area contributed by atoms with Gasteiger partial charge in [0, 0.05) is 5.56 Å². The van der Waals surface area contributed by atoms with Crippen molar-refractivity contribution in [2.75, 3.05) is 13.1 Å². The fraction of sp³-hybridized carbons (Fsp3) is 0.316. The van der Waals surface area contributed by atoms with Crippen LogP contribution in [0.5, 0.6) is 0 Å². The lowest BCUT2D eigenvalue weighted by molar-refractivity contribution is 0.373. The lowest BCUT2D eigenvalue weighted by atomic mass is 9.89. The van der Waals surface area contributed by atoms with Crippen LogP contribution in [0.1, 0.15) is 18.4 Å². The fourth-order valence-electron chi connectivity index (χ4n) is 3.29. The summed E-state index contributed by atoms with van der Waals surface area (Å²) in [4.78, 5) is 4.66. The zero-order chi connectivity index (χ0) is 14.8. The minimum absolute atomic E-state index is 0.741. The van der Waals surface area contributed by atoms with Gasteiger partial charge in [-0.05, 0) is 62.0 Å². The van der Waals surface area contributed by atoms with Crippen molar-refractivity contribution in [1.82, 2.24) is 10.3 Å². The maximum absolute atomic E-state index is 5.96. The molecule has 3 aromatic rings. The zero-order valence-electron chi connectivity index (χ0n) is 12.6. The summed E-state index contributed by atoms with van der Waals surface area (Å²) in [7, 11) is 0. The summed E-state index contributed by atoms with van der Waals surface area (Å²) in [5, 5.41) is 3.43. The highest BCUT2D eigenvalue weighted by atomic mass is 16.3. The van der Waals surface area contributed by atoms with E-state index in [0.717, 1.165) is 48.0 Å². The van der Waals surface area contributed by atoms with Gasteiger partial charge in [-0.1, -0.05) is 30.3 Å². The maximum Gasteiger partial charge on any atom is 0.227 e. The van der Waals surface area contributed by atoms with Gasteiger partial charge in [0.15, 0.2) is 5.58 Å². The molecule has 1 aliphatic heterocycles. The molecule has 0 unspecified atom stereocenters. The van der Waals surface area contributed by atoms with Gasteiger partial charge < -0.3 is 9.73 Å². The first-order chi connectivity index (χ1) is 10.9. The monoisotopic (exact) mass is 292 g/mol. The van der Waals surface area contributed by atoms with E-state index >= 15 is 0 Å². The molecule has 0 spiro atoms. The topological polar surface area (TPSA) is 38.1 Å².